The first-order chi connectivity index (χ1) is 8.08. The average molecular weight is 459 g/mol. The van der Waals surface area contributed by atoms with Gasteiger partial charge in [-0.2, -0.15) is 0 Å². The number of rotatable bonds is 3. The van der Waals surface area contributed by atoms with Crippen molar-refractivity contribution in [1.82, 2.24) is 9.97 Å². The summed E-state index contributed by atoms with van der Waals surface area (Å²) in [6.45, 7) is 0. The van der Waals surface area contributed by atoms with E-state index < -0.39 is 10.0 Å². The Hall–Kier alpha value is -1.27. The van der Waals surface area contributed by atoms with E-state index in [2.05, 4.69) is 14.7 Å². The summed E-state index contributed by atoms with van der Waals surface area (Å²) in [5, 5.41) is 0. The first-order valence-electron chi connectivity index (χ1n) is 4.73. The van der Waals surface area contributed by atoms with Crippen LogP contribution in [0.15, 0.2) is 47.6 Å². The molecule has 1 aromatic carbocycles. The van der Waals surface area contributed by atoms with Crippen molar-refractivity contribution in [2.75, 3.05) is 10.5 Å². The molecule has 2 radical (unpaired) electrons. The van der Waals surface area contributed by atoms with Crippen LogP contribution in [0, 0.1) is 0 Å². The van der Waals surface area contributed by atoms with Crippen LogP contribution in [0.2, 0.25) is 0 Å². The number of benzene rings is 1. The molecule has 2 rings (SSSR count). The zero-order valence-electron chi connectivity index (χ0n) is 9.19. The third-order valence-corrected chi connectivity index (χ3v) is 3.33. The number of nitrogens with two attached hydrogens (primary N) is 1. The summed E-state index contributed by atoms with van der Waals surface area (Å²) in [7, 11) is -3.66. The Morgan fingerprint density at radius 2 is 1.61 bits per heavy atom. The number of aromatic nitrogens is 2. The van der Waals surface area contributed by atoms with E-state index in [1.807, 2.05) is 0 Å². The third-order valence-electron chi connectivity index (χ3n) is 1.98. The summed E-state index contributed by atoms with van der Waals surface area (Å²) in [5.74, 6) is 0.0318. The molecule has 0 saturated heterocycles. The standard InChI is InChI=1S/C10H10N4O2S.Bi/c11-8-2-4-9(5-3-8)17(15,16)14-10-12-6-1-7-13-10;/h1-7H,11H2,(H,12,13,14);/q;+3. The molecule has 0 fully saturated rings. The summed E-state index contributed by atoms with van der Waals surface area (Å²) in [4.78, 5) is 7.67. The molecule has 2 aromatic rings. The summed E-state index contributed by atoms with van der Waals surface area (Å²) < 4.78 is 26.0. The molecule has 0 aliphatic heterocycles. The van der Waals surface area contributed by atoms with Gasteiger partial charge >= 0.3 is 26.2 Å². The second-order valence-electron chi connectivity index (χ2n) is 3.25. The van der Waals surface area contributed by atoms with Gasteiger partial charge in [-0.1, -0.05) is 0 Å². The number of nitrogen functional groups attached to an aromatic ring is 1. The Kier molecular flexibility index (Phi) is 4.98. The average Bonchev–Trinajstić information content (AvgIpc) is 2.30. The molecule has 0 atom stereocenters. The van der Waals surface area contributed by atoms with Gasteiger partial charge in [-0.3, -0.25) is 0 Å². The van der Waals surface area contributed by atoms with E-state index in [1.54, 1.807) is 6.07 Å². The van der Waals surface area contributed by atoms with Crippen molar-refractivity contribution in [3.05, 3.63) is 42.7 Å². The molecule has 1 heterocycles. The molecule has 18 heavy (non-hydrogen) atoms. The van der Waals surface area contributed by atoms with Crippen LogP contribution in [-0.2, 0) is 10.0 Å². The Balaban J connectivity index is 0.00000162. The van der Waals surface area contributed by atoms with Crippen LogP contribution in [0.4, 0.5) is 11.6 Å². The van der Waals surface area contributed by atoms with Crippen molar-refractivity contribution in [2.45, 2.75) is 4.90 Å². The number of hydrogen-bond donors (Lipinski definition) is 2. The van der Waals surface area contributed by atoms with Gasteiger partial charge in [-0.25, -0.2) is 23.1 Å². The van der Waals surface area contributed by atoms with Gasteiger partial charge in [0.05, 0.1) is 4.90 Å². The van der Waals surface area contributed by atoms with Crippen molar-refractivity contribution in [2.24, 2.45) is 0 Å². The van der Waals surface area contributed by atoms with Gasteiger partial charge in [0.2, 0.25) is 5.95 Å². The minimum absolute atomic E-state index is 0. The molecular weight excluding hydrogens is 449 g/mol. The van der Waals surface area contributed by atoms with Crippen molar-refractivity contribution < 1.29 is 8.42 Å². The fourth-order valence-electron chi connectivity index (χ4n) is 1.18. The molecule has 6 nitrogen and oxygen atoms in total. The smallest absolute Gasteiger partial charge is 0.399 e. The van der Waals surface area contributed by atoms with Gasteiger partial charge in [0.25, 0.3) is 10.0 Å². The topological polar surface area (TPSA) is 98.0 Å². The number of anilines is 2. The third kappa shape index (κ3) is 3.61. The van der Waals surface area contributed by atoms with Crippen LogP contribution in [0.25, 0.3) is 0 Å². The van der Waals surface area contributed by atoms with Crippen LogP contribution in [0.3, 0.4) is 0 Å². The number of hydrogen-bond acceptors (Lipinski definition) is 5. The Labute approximate surface area is 124 Å². The van der Waals surface area contributed by atoms with E-state index in [4.69, 9.17) is 5.73 Å². The monoisotopic (exact) mass is 459 g/mol. The molecule has 0 aliphatic carbocycles. The SMILES string of the molecule is Nc1ccc(S(=O)(=O)Nc2ncccn2)cc1.[Bi+3]. The summed E-state index contributed by atoms with van der Waals surface area (Å²) in [5.41, 5.74) is 5.98. The maximum atomic E-state index is 11.9. The molecule has 0 spiro atoms. The molecule has 0 amide bonds. The van der Waals surface area contributed by atoms with Gasteiger partial charge in [0.15, 0.2) is 0 Å². The summed E-state index contributed by atoms with van der Waals surface area (Å²) >= 11 is 0. The molecule has 0 saturated carbocycles. The molecular formula is C10H10BiN4O2S+3. The largest absolute Gasteiger partial charge is 3.00 e. The predicted octanol–water partition coefficient (Wildman–Crippen LogP) is 0.479. The van der Waals surface area contributed by atoms with Crippen molar-refractivity contribution in [3.8, 4) is 0 Å². The van der Waals surface area contributed by atoms with Gasteiger partial charge in [-0.05, 0) is 30.3 Å². The zero-order chi connectivity index (χ0) is 12.3. The fraction of sp³-hybridized carbons (Fsp3) is 0. The van der Waals surface area contributed by atoms with Crippen molar-refractivity contribution >= 4 is 47.9 Å². The summed E-state index contributed by atoms with van der Waals surface area (Å²) in [6.07, 6.45) is 2.90. The van der Waals surface area contributed by atoms with Crippen LogP contribution >= 0.6 is 0 Å². The number of nitrogens with zero attached hydrogens (tertiary/aromatic N) is 2. The molecule has 0 unspecified atom stereocenters. The van der Waals surface area contributed by atoms with Crippen molar-refractivity contribution in [1.29, 1.82) is 0 Å². The van der Waals surface area contributed by atoms with Crippen LogP contribution < -0.4 is 10.5 Å². The molecule has 3 N–H and O–H groups in total. The maximum Gasteiger partial charge on any atom is 3.00 e. The van der Waals surface area contributed by atoms with E-state index in [0.29, 0.717) is 5.69 Å². The molecule has 1 aromatic heterocycles. The minimum Gasteiger partial charge on any atom is -0.399 e. The maximum absolute atomic E-state index is 11.9. The zero-order valence-corrected chi connectivity index (χ0v) is 13.5. The number of sulfonamides is 1. The van der Waals surface area contributed by atoms with Crippen LogP contribution in [0.1, 0.15) is 0 Å². The van der Waals surface area contributed by atoms with E-state index in [1.165, 1.54) is 36.7 Å². The summed E-state index contributed by atoms with van der Waals surface area (Å²) in [6, 6.07) is 7.46. The predicted molar refractivity (Wildman–Crippen MR) is 69.4 cm³/mol. The van der Waals surface area contributed by atoms with E-state index >= 15 is 0 Å². The van der Waals surface area contributed by atoms with E-state index in [0.717, 1.165) is 0 Å². The Morgan fingerprint density at radius 3 is 2.17 bits per heavy atom. The fourth-order valence-corrected chi connectivity index (χ4v) is 2.14. The van der Waals surface area contributed by atoms with E-state index in [9.17, 15) is 8.42 Å². The second-order valence-corrected chi connectivity index (χ2v) is 4.93. The molecule has 0 bridgehead atoms. The molecule has 90 valence electrons. The van der Waals surface area contributed by atoms with Crippen LogP contribution in [-0.4, -0.2) is 44.6 Å². The Morgan fingerprint density at radius 1 is 1.06 bits per heavy atom. The van der Waals surface area contributed by atoms with Crippen LogP contribution in [0.5, 0.6) is 0 Å². The first-order valence-corrected chi connectivity index (χ1v) is 6.22. The quantitative estimate of drug-likeness (QED) is 0.514. The van der Waals surface area contributed by atoms with Gasteiger partial charge in [0, 0.05) is 18.1 Å². The van der Waals surface area contributed by atoms with Gasteiger partial charge in [0.1, 0.15) is 0 Å². The van der Waals surface area contributed by atoms with Crippen molar-refractivity contribution in [3.63, 3.8) is 0 Å². The van der Waals surface area contributed by atoms with Gasteiger partial charge in [-0.15, -0.1) is 0 Å². The van der Waals surface area contributed by atoms with E-state index in [-0.39, 0.29) is 37.0 Å². The van der Waals surface area contributed by atoms with Gasteiger partial charge < -0.3 is 5.73 Å². The second kappa shape index (κ2) is 6.06. The first kappa shape index (κ1) is 14.8. The Bertz CT molecular complexity index is 602. The normalized spacial score (nSPS) is 10.4. The minimum atomic E-state index is -3.66. The molecule has 8 heteroatoms. The number of nitrogens with one attached hydrogen (secondary N) is 1. The molecule has 0 aliphatic rings.